The molecule has 0 radical (unpaired) electrons. The van der Waals surface area contributed by atoms with Crippen molar-refractivity contribution in [3.63, 3.8) is 0 Å². The Morgan fingerprint density at radius 1 is 0.833 bits per heavy atom. The van der Waals surface area contributed by atoms with Gasteiger partial charge in [-0.15, -0.1) is 0 Å². The topological polar surface area (TPSA) is 60.9 Å². The number of rotatable bonds is 6. The Morgan fingerprint density at radius 3 is 2.07 bits per heavy atom. The summed E-state index contributed by atoms with van der Waals surface area (Å²) in [6.07, 6.45) is 1.19. The molecule has 0 aromatic heterocycles. The van der Waals surface area contributed by atoms with E-state index in [1.54, 1.807) is 24.3 Å². The van der Waals surface area contributed by atoms with Crippen LogP contribution in [0.5, 0.6) is 0 Å². The predicted octanol–water partition coefficient (Wildman–Crippen LogP) is 2.37. The van der Waals surface area contributed by atoms with Gasteiger partial charge in [0.15, 0.2) is 0 Å². The van der Waals surface area contributed by atoms with Gasteiger partial charge in [0.2, 0.25) is 5.91 Å². The highest BCUT2D eigenvalue weighted by atomic mass is 16.2. The number of imide groups is 1. The maximum absolute atomic E-state index is 12.6. The number of amides is 3. The first-order valence-corrected chi connectivity index (χ1v) is 10.5. The molecular weight excluding hydrogens is 378 g/mol. The van der Waals surface area contributed by atoms with Gasteiger partial charge in [0.25, 0.3) is 11.8 Å². The standard InChI is InChI=1S/C24H27N3O3/c1-18-7-2-3-8-19(18)17-22(28)26-15-13-25(14-16-26)11-6-12-27-23(29)20-9-4-5-10-21(20)24(27)30/h2-5,7-10H,6,11-17H2,1H3. The minimum atomic E-state index is -0.192. The van der Waals surface area contributed by atoms with Crippen molar-refractivity contribution in [3.05, 3.63) is 70.8 Å². The molecule has 4 rings (SSSR count). The van der Waals surface area contributed by atoms with E-state index in [9.17, 15) is 14.4 Å². The zero-order valence-corrected chi connectivity index (χ0v) is 17.3. The number of hydrogen-bond acceptors (Lipinski definition) is 4. The Morgan fingerprint density at radius 2 is 1.43 bits per heavy atom. The molecule has 3 amide bonds. The third-order valence-electron chi connectivity index (χ3n) is 6.06. The SMILES string of the molecule is Cc1ccccc1CC(=O)N1CCN(CCCN2C(=O)c3ccccc3C2=O)CC1. The third-order valence-corrected chi connectivity index (χ3v) is 6.06. The van der Waals surface area contributed by atoms with Crippen LogP contribution in [0.2, 0.25) is 0 Å². The number of carbonyl (C=O) groups excluding carboxylic acids is 3. The summed E-state index contributed by atoms with van der Waals surface area (Å²) in [5, 5.41) is 0. The molecule has 6 nitrogen and oxygen atoms in total. The number of aryl methyl sites for hydroxylation is 1. The molecule has 1 saturated heterocycles. The van der Waals surface area contributed by atoms with Gasteiger partial charge in [-0.25, -0.2) is 0 Å². The van der Waals surface area contributed by atoms with E-state index in [0.717, 1.165) is 50.3 Å². The number of nitrogens with zero attached hydrogens (tertiary/aromatic N) is 3. The summed E-state index contributed by atoms with van der Waals surface area (Å²) in [4.78, 5) is 43.1. The second kappa shape index (κ2) is 8.79. The summed E-state index contributed by atoms with van der Waals surface area (Å²) < 4.78 is 0. The second-order valence-electron chi connectivity index (χ2n) is 7.99. The van der Waals surface area contributed by atoms with Crippen molar-refractivity contribution in [2.24, 2.45) is 0 Å². The van der Waals surface area contributed by atoms with Gasteiger partial charge in [0.1, 0.15) is 0 Å². The summed E-state index contributed by atoms with van der Waals surface area (Å²) in [7, 11) is 0. The van der Waals surface area contributed by atoms with Crippen LogP contribution in [0.3, 0.4) is 0 Å². The van der Waals surface area contributed by atoms with Crippen molar-refractivity contribution in [2.45, 2.75) is 19.8 Å². The van der Waals surface area contributed by atoms with Crippen LogP contribution >= 0.6 is 0 Å². The van der Waals surface area contributed by atoms with E-state index in [1.165, 1.54) is 4.90 Å². The van der Waals surface area contributed by atoms with Gasteiger partial charge in [-0.2, -0.15) is 0 Å². The molecule has 0 bridgehead atoms. The lowest BCUT2D eigenvalue weighted by atomic mass is 10.1. The minimum Gasteiger partial charge on any atom is -0.340 e. The van der Waals surface area contributed by atoms with Crippen LogP contribution in [0, 0.1) is 6.92 Å². The lowest BCUT2D eigenvalue weighted by Crippen LogP contribution is -2.49. The van der Waals surface area contributed by atoms with E-state index in [4.69, 9.17) is 0 Å². The molecule has 30 heavy (non-hydrogen) atoms. The van der Waals surface area contributed by atoms with Crippen LogP contribution in [0.4, 0.5) is 0 Å². The summed E-state index contributed by atoms with van der Waals surface area (Å²) >= 11 is 0. The van der Waals surface area contributed by atoms with Gasteiger partial charge in [0, 0.05) is 32.7 Å². The van der Waals surface area contributed by atoms with Crippen molar-refractivity contribution >= 4 is 17.7 Å². The summed E-state index contributed by atoms with van der Waals surface area (Å²) in [5.41, 5.74) is 3.25. The number of fused-ring (bicyclic) bond motifs is 1. The minimum absolute atomic E-state index is 0.176. The normalized spacial score (nSPS) is 16.8. The van der Waals surface area contributed by atoms with Gasteiger partial charge in [-0.3, -0.25) is 24.2 Å². The molecule has 2 aliphatic heterocycles. The maximum atomic E-state index is 12.6. The first kappa shape index (κ1) is 20.3. The fraction of sp³-hybridized carbons (Fsp3) is 0.375. The van der Waals surface area contributed by atoms with E-state index in [-0.39, 0.29) is 17.7 Å². The predicted molar refractivity (Wildman–Crippen MR) is 114 cm³/mol. The molecule has 2 aliphatic rings. The summed E-state index contributed by atoms with van der Waals surface area (Å²) in [5.74, 6) is -0.209. The van der Waals surface area contributed by atoms with Crippen LogP contribution in [-0.2, 0) is 11.2 Å². The van der Waals surface area contributed by atoms with E-state index in [0.29, 0.717) is 24.1 Å². The van der Waals surface area contributed by atoms with Crippen molar-refractivity contribution in [2.75, 3.05) is 39.3 Å². The van der Waals surface area contributed by atoms with E-state index in [2.05, 4.69) is 4.90 Å². The molecule has 0 unspecified atom stereocenters. The molecule has 6 heteroatoms. The van der Waals surface area contributed by atoms with Gasteiger partial charge < -0.3 is 4.90 Å². The highest BCUT2D eigenvalue weighted by Gasteiger charge is 2.34. The van der Waals surface area contributed by atoms with Crippen molar-refractivity contribution in [3.8, 4) is 0 Å². The fourth-order valence-corrected chi connectivity index (χ4v) is 4.20. The third kappa shape index (κ3) is 4.14. The van der Waals surface area contributed by atoms with Crippen molar-refractivity contribution in [1.29, 1.82) is 0 Å². The van der Waals surface area contributed by atoms with E-state index in [1.807, 2.05) is 36.1 Å². The highest BCUT2D eigenvalue weighted by molar-refractivity contribution is 6.21. The van der Waals surface area contributed by atoms with Crippen LogP contribution < -0.4 is 0 Å². The van der Waals surface area contributed by atoms with Crippen molar-refractivity contribution < 1.29 is 14.4 Å². The van der Waals surface area contributed by atoms with Crippen LogP contribution in [0.15, 0.2) is 48.5 Å². The van der Waals surface area contributed by atoms with Gasteiger partial charge in [0.05, 0.1) is 17.5 Å². The van der Waals surface area contributed by atoms with Crippen LogP contribution in [0.1, 0.15) is 38.3 Å². The average Bonchev–Trinajstić information content (AvgIpc) is 3.01. The Kier molecular flexibility index (Phi) is 5.95. The number of carbonyl (C=O) groups is 3. The molecule has 2 heterocycles. The number of piperazine rings is 1. The molecular formula is C24H27N3O3. The Hall–Kier alpha value is -2.99. The quantitative estimate of drug-likeness (QED) is 0.693. The first-order chi connectivity index (χ1) is 14.5. The van der Waals surface area contributed by atoms with Crippen molar-refractivity contribution in [1.82, 2.24) is 14.7 Å². The maximum Gasteiger partial charge on any atom is 0.261 e. The zero-order chi connectivity index (χ0) is 21.1. The molecule has 1 fully saturated rings. The van der Waals surface area contributed by atoms with E-state index >= 15 is 0 Å². The summed E-state index contributed by atoms with van der Waals surface area (Å²) in [6, 6.07) is 15.0. The number of hydrogen-bond donors (Lipinski definition) is 0. The molecule has 2 aromatic carbocycles. The largest absolute Gasteiger partial charge is 0.340 e. The molecule has 0 aliphatic carbocycles. The Balaban J connectivity index is 1.21. The number of benzene rings is 2. The zero-order valence-electron chi connectivity index (χ0n) is 17.3. The smallest absolute Gasteiger partial charge is 0.261 e. The van der Waals surface area contributed by atoms with Gasteiger partial charge >= 0.3 is 0 Å². The van der Waals surface area contributed by atoms with Gasteiger partial charge in [-0.1, -0.05) is 36.4 Å². The lowest BCUT2D eigenvalue weighted by Gasteiger charge is -2.35. The van der Waals surface area contributed by atoms with Crippen LogP contribution in [-0.4, -0.2) is 71.7 Å². The van der Waals surface area contributed by atoms with Crippen LogP contribution in [0.25, 0.3) is 0 Å². The lowest BCUT2D eigenvalue weighted by molar-refractivity contribution is -0.132. The Bertz CT molecular complexity index is 929. The second-order valence-corrected chi connectivity index (χ2v) is 7.99. The van der Waals surface area contributed by atoms with E-state index < -0.39 is 0 Å². The molecule has 0 spiro atoms. The molecule has 0 atom stereocenters. The molecule has 0 N–H and O–H groups in total. The monoisotopic (exact) mass is 405 g/mol. The highest BCUT2D eigenvalue weighted by Crippen LogP contribution is 2.22. The Labute approximate surface area is 177 Å². The molecule has 156 valence electrons. The van der Waals surface area contributed by atoms with Gasteiger partial charge in [-0.05, 0) is 43.1 Å². The summed E-state index contributed by atoms with van der Waals surface area (Å²) in [6.45, 7) is 6.36. The first-order valence-electron chi connectivity index (χ1n) is 10.5. The average molecular weight is 405 g/mol. The molecule has 2 aromatic rings. The fourth-order valence-electron chi connectivity index (χ4n) is 4.20. The molecule has 0 saturated carbocycles.